The maximum atomic E-state index is 12.4. The zero-order valence-corrected chi connectivity index (χ0v) is 16.4. The number of hydrogen-bond donors (Lipinski definition) is 2. The van der Waals surface area contributed by atoms with Crippen molar-refractivity contribution in [2.45, 2.75) is 25.3 Å². The van der Waals surface area contributed by atoms with Gasteiger partial charge in [0.25, 0.3) is 5.91 Å². The van der Waals surface area contributed by atoms with Crippen LogP contribution >= 0.6 is 0 Å². The van der Waals surface area contributed by atoms with Crippen LogP contribution in [0.5, 0.6) is 17.2 Å². The Bertz CT molecular complexity index is 918. The van der Waals surface area contributed by atoms with Crippen LogP contribution in [-0.4, -0.2) is 37.7 Å². The van der Waals surface area contributed by atoms with Crippen LogP contribution in [-0.2, 0) is 11.2 Å². The second-order valence-corrected chi connectivity index (χ2v) is 6.88. The number of rotatable bonds is 7. The molecule has 0 radical (unpaired) electrons. The van der Waals surface area contributed by atoms with E-state index in [9.17, 15) is 14.4 Å². The van der Waals surface area contributed by atoms with Gasteiger partial charge in [0.2, 0.25) is 0 Å². The van der Waals surface area contributed by atoms with E-state index in [1.54, 1.807) is 37.3 Å². The molecule has 1 heterocycles. The molecule has 3 rings (SSSR count). The molecular weight excluding hydrogens is 376 g/mol. The molecular formula is C21H22N2O6. The van der Waals surface area contributed by atoms with E-state index in [1.165, 1.54) is 14.2 Å². The standard InChI is InChI=1S/C21H22N2O6/c1-21(19(25)22-20(26)23-21)9-8-13-4-6-15(7-5-13)29-18(24)14-10-16(27-2)12-17(11-14)28-3/h4-7,10-12H,8-9H2,1-3H3,(H2,22,23,25,26)/t21-/m0/s1. The molecule has 8 nitrogen and oxygen atoms in total. The highest BCUT2D eigenvalue weighted by Gasteiger charge is 2.41. The summed E-state index contributed by atoms with van der Waals surface area (Å²) in [6.45, 7) is 1.69. The lowest BCUT2D eigenvalue weighted by Crippen LogP contribution is -2.43. The Kier molecular flexibility index (Phi) is 5.72. The molecule has 0 spiro atoms. The molecule has 1 aliphatic heterocycles. The fourth-order valence-electron chi connectivity index (χ4n) is 2.97. The molecule has 2 aromatic rings. The lowest BCUT2D eigenvalue weighted by Gasteiger charge is -2.20. The topological polar surface area (TPSA) is 103 Å². The first-order chi connectivity index (χ1) is 13.8. The molecule has 3 amide bonds. The summed E-state index contributed by atoms with van der Waals surface area (Å²) < 4.78 is 15.7. The number of esters is 1. The number of carbonyl (C=O) groups is 3. The summed E-state index contributed by atoms with van der Waals surface area (Å²) in [5.41, 5.74) is 0.331. The quantitative estimate of drug-likeness (QED) is 0.422. The van der Waals surface area contributed by atoms with Gasteiger partial charge in [-0.05, 0) is 49.6 Å². The second-order valence-electron chi connectivity index (χ2n) is 6.88. The molecule has 2 aromatic carbocycles. The van der Waals surface area contributed by atoms with Gasteiger partial charge in [-0.1, -0.05) is 12.1 Å². The van der Waals surface area contributed by atoms with Crippen molar-refractivity contribution in [1.82, 2.24) is 10.6 Å². The number of aryl methyl sites for hydroxylation is 1. The van der Waals surface area contributed by atoms with Gasteiger partial charge in [-0.15, -0.1) is 0 Å². The number of methoxy groups -OCH3 is 2. The Hall–Kier alpha value is -3.55. The smallest absolute Gasteiger partial charge is 0.343 e. The molecule has 0 aliphatic carbocycles. The highest BCUT2D eigenvalue weighted by Crippen LogP contribution is 2.24. The average Bonchev–Trinajstić information content (AvgIpc) is 2.98. The lowest BCUT2D eigenvalue weighted by molar-refractivity contribution is -0.123. The van der Waals surface area contributed by atoms with Crippen LogP contribution in [0.3, 0.4) is 0 Å². The van der Waals surface area contributed by atoms with Crippen LogP contribution < -0.4 is 24.8 Å². The van der Waals surface area contributed by atoms with Crippen molar-refractivity contribution in [3.8, 4) is 17.2 Å². The zero-order chi connectivity index (χ0) is 21.0. The molecule has 1 saturated heterocycles. The zero-order valence-electron chi connectivity index (χ0n) is 16.4. The number of nitrogens with one attached hydrogen (secondary N) is 2. The van der Waals surface area contributed by atoms with Gasteiger partial charge >= 0.3 is 12.0 Å². The molecule has 1 fully saturated rings. The predicted molar refractivity (Wildman–Crippen MR) is 104 cm³/mol. The van der Waals surface area contributed by atoms with Crippen LogP contribution in [0.2, 0.25) is 0 Å². The second kappa shape index (κ2) is 8.22. The fourth-order valence-corrected chi connectivity index (χ4v) is 2.97. The van der Waals surface area contributed by atoms with Crippen molar-refractivity contribution in [2.75, 3.05) is 14.2 Å². The van der Waals surface area contributed by atoms with Crippen LogP contribution in [0.15, 0.2) is 42.5 Å². The van der Waals surface area contributed by atoms with Gasteiger partial charge in [0.15, 0.2) is 0 Å². The maximum Gasteiger partial charge on any atom is 0.343 e. The molecule has 8 heteroatoms. The van der Waals surface area contributed by atoms with Crippen molar-refractivity contribution in [2.24, 2.45) is 0 Å². The predicted octanol–water partition coefficient (Wildman–Crippen LogP) is 2.45. The Morgan fingerprint density at radius 1 is 0.966 bits per heavy atom. The third kappa shape index (κ3) is 4.66. The average molecular weight is 398 g/mol. The monoisotopic (exact) mass is 398 g/mol. The van der Waals surface area contributed by atoms with Crippen LogP contribution in [0.25, 0.3) is 0 Å². The number of ether oxygens (including phenoxy) is 3. The fraction of sp³-hybridized carbons (Fsp3) is 0.286. The van der Waals surface area contributed by atoms with E-state index >= 15 is 0 Å². The molecule has 2 N–H and O–H groups in total. The van der Waals surface area contributed by atoms with E-state index in [0.29, 0.717) is 35.7 Å². The molecule has 1 aliphatic rings. The summed E-state index contributed by atoms with van der Waals surface area (Å²) in [5, 5.41) is 4.88. The minimum Gasteiger partial charge on any atom is -0.497 e. The molecule has 1 atom stereocenters. The third-order valence-corrected chi connectivity index (χ3v) is 4.75. The summed E-state index contributed by atoms with van der Waals surface area (Å²) in [4.78, 5) is 35.6. The number of carbonyl (C=O) groups excluding carboxylic acids is 3. The molecule has 29 heavy (non-hydrogen) atoms. The van der Waals surface area contributed by atoms with Crippen molar-refractivity contribution in [3.05, 3.63) is 53.6 Å². The maximum absolute atomic E-state index is 12.4. The lowest BCUT2D eigenvalue weighted by atomic mass is 9.93. The van der Waals surface area contributed by atoms with E-state index in [-0.39, 0.29) is 5.91 Å². The molecule has 0 saturated carbocycles. The first-order valence-corrected chi connectivity index (χ1v) is 9.01. The number of amides is 3. The highest BCUT2D eigenvalue weighted by atomic mass is 16.5. The Morgan fingerprint density at radius 3 is 2.10 bits per heavy atom. The van der Waals surface area contributed by atoms with Gasteiger partial charge in [0, 0.05) is 6.07 Å². The van der Waals surface area contributed by atoms with Crippen molar-refractivity contribution in [1.29, 1.82) is 0 Å². The number of benzene rings is 2. The summed E-state index contributed by atoms with van der Waals surface area (Å²) in [6.07, 6.45) is 1.03. The van der Waals surface area contributed by atoms with Gasteiger partial charge in [0.05, 0.1) is 19.8 Å². The Morgan fingerprint density at radius 2 is 1.59 bits per heavy atom. The Labute approximate surface area is 168 Å². The third-order valence-electron chi connectivity index (χ3n) is 4.75. The summed E-state index contributed by atoms with van der Waals surface area (Å²) in [7, 11) is 3.01. The van der Waals surface area contributed by atoms with E-state index in [0.717, 1.165) is 5.56 Å². The van der Waals surface area contributed by atoms with E-state index in [2.05, 4.69) is 10.6 Å². The van der Waals surface area contributed by atoms with Crippen LogP contribution in [0.1, 0.15) is 29.3 Å². The van der Waals surface area contributed by atoms with Crippen LogP contribution in [0, 0.1) is 0 Å². The highest BCUT2D eigenvalue weighted by molar-refractivity contribution is 6.06. The van der Waals surface area contributed by atoms with Gasteiger partial charge in [-0.3, -0.25) is 10.1 Å². The minimum absolute atomic E-state index is 0.307. The van der Waals surface area contributed by atoms with Crippen molar-refractivity contribution >= 4 is 17.9 Å². The van der Waals surface area contributed by atoms with Crippen molar-refractivity contribution < 1.29 is 28.6 Å². The summed E-state index contributed by atoms with van der Waals surface area (Å²) in [6, 6.07) is 11.3. The van der Waals surface area contributed by atoms with Gasteiger partial charge < -0.3 is 19.5 Å². The molecule has 0 aromatic heterocycles. The van der Waals surface area contributed by atoms with E-state index in [4.69, 9.17) is 14.2 Å². The largest absolute Gasteiger partial charge is 0.497 e. The number of hydrogen-bond acceptors (Lipinski definition) is 6. The van der Waals surface area contributed by atoms with Crippen molar-refractivity contribution in [3.63, 3.8) is 0 Å². The minimum atomic E-state index is -0.923. The van der Waals surface area contributed by atoms with Gasteiger partial charge in [-0.25, -0.2) is 9.59 Å². The Balaban J connectivity index is 1.63. The first-order valence-electron chi connectivity index (χ1n) is 9.01. The molecule has 0 bridgehead atoms. The van der Waals surface area contributed by atoms with Crippen LogP contribution in [0.4, 0.5) is 4.79 Å². The van der Waals surface area contributed by atoms with Gasteiger partial charge in [-0.2, -0.15) is 0 Å². The molecule has 152 valence electrons. The van der Waals surface area contributed by atoms with E-state index < -0.39 is 17.5 Å². The summed E-state index contributed by atoms with van der Waals surface area (Å²) in [5.74, 6) is 0.500. The molecule has 0 unspecified atom stereocenters. The SMILES string of the molecule is COc1cc(OC)cc(C(=O)Oc2ccc(CC[C@]3(C)NC(=O)NC3=O)cc2)c1. The van der Waals surface area contributed by atoms with Gasteiger partial charge in [0.1, 0.15) is 22.8 Å². The number of urea groups is 1. The first kappa shape index (κ1) is 20.2. The summed E-state index contributed by atoms with van der Waals surface area (Å²) >= 11 is 0. The normalized spacial score (nSPS) is 18.0. The number of imide groups is 1. The van der Waals surface area contributed by atoms with E-state index in [1.807, 2.05) is 12.1 Å².